The van der Waals surface area contributed by atoms with Gasteiger partial charge in [0.1, 0.15) is 10.7 Å². The largest absolute Gasteiger partial charge is 0.361 e. The molecule has 0 bridgehead atoms. The average Bonchev–Trinajstić information content (AvgIpc) is 2.57. The highest BCUT2D eigenvalue weighted by molar-refractivity contribution is 6.33. The minimum absolute atomic E-state index is 0.0177. The van der Waals surface area contributed by atoms with Crippen molar-refractivity contribution in [2.24, 2.45) is 0 Å². The number of nitrogens with zero attached hydrogens (tertiary/aromatic N) is 2. The molecular formula is C12H15ClN2O2. The zero-order chi connectivity index (χ0) is 12.6. The molecule has 0 unspecified atom stereocenters. The minimum atomic E-state index is -0.397. The van der Waals surface area contributed by atoms with Gasteiger partial charge >= 0.3 is 5.69 Å². The molecule has 1 aliphatic rings. The van der Waals surface area contributed by atoms with Crippen molar-refractivity contribution in [3.05, 3.63) is 33.3 Å². The van der Waals surface area contributed by atoms with Crippen LogP contribution in [0.1, 0.15) is 26.7 Å². The van der Waals surface area contributed by atoms with Crippen molar-refractivity contribution >= 4 is 23.0 Å². The average molecular weight is 255 g/mol. The van der Waals surface area contributed by atoms with E-state index in [0.29, 0.717) is 5.69 Å². The SMILES string of the molecule is CC1(C)CCCN1c1cccc(Cl)c1[N+](=O)[O-]. The summed E-state index contributed by atoms with van der Waals surface area (Å²) < 4.78 is 0. The van der Waals surface area contributed by atoms with E-state index in [-0.39, 0.29) is 16.2 Å². The third-order valence-electron chi connectivity index (χ3n) is 3.34. The van der Waals surface area contributed by atoms with Crippen LogP contribution in [0.2, 0.25) is 5.02 Å². The summed E-state index contributed by atoms with van der Waals surface area (Å²) in [6, 6.07) is 5.10. The summed E-state index contributed by atoms with van der Waals surface area (Å²) in [5.41, 5.74) is 0.601. The Labute approximate surface area is 105 Å². The van der Waals surface area contributed by atoms with Crippen LogP contribution in [0.5, 0.6) is 0 Å². The Morgan fingerprint density at radius 3 is 2.71 bits per heavy atom. The first-order valence-corrected chi connectivity index (χ1v) is 6.02. The molecule has 0 radical (unpaired) electrons. The molecule has 17 heavy (non-hydrogen) atoms. The highest BCUT2D eigenvalue weighted by Crippen LogP contribution is 2.41. The quantitative estimate of drug-likeness (QED) is 0.598. The van der Waals surface area contributed by atoms with Crippen molar-refractivity contribution in [2.45, 2.75) is 32.2 Å². The number of rotatable bonds is 2. The lowest BCUT2D eigenvalue weighted by Crippen LogP contribution is -2.38. The van der Waals surface area contributed by atoms with Crippen LogP contribution < -0.4 is 4.90 Å². The number of hydrogen-bond donors (Lipinski definition) is 0. The molecule has 1 aliphatic heterocycles. The lowest BCUT2D eigenvalue weighted by Gasteiger charge is -2.33. The van der Waals surface area contributed by atoms with Crippen molar-refractivity contribution < 1.29 is 4.92 Å². The van der Waals surface area contributed by atoms with Gasteiger partial charge in [-0.25, -0.2) is 0 Å². The van der Waals surface area contributed by atoms with Gasteiger partial charge in [-0.2, -0.15) is 0 Å². The van der Waals surface area contributed by atoms with Crippen LogP contribution in [0.15, 0.2) is 18.2 Å². The molecule has 1 saturated heterocycles. The summed E-state index contributed by atoms with van der Waals surface area (Å²) in [5, 5.41) is 11.3. The number of nitro benzene ring substituents is 1. The van der Waals surface area contributed by atoms with Crippen molar-refractivity contribution in [1.82, 2.24) is 0 Å². The molecule has 0 N–H and O–H groups in total. The third kappa shape index (κ3) is 2.09. The van der Waals surface area contributed by atoms with Gasteiger partial charge in [0.25, 0.3) is 0 Å². The number of para-hydroxylation sites is 1. The summed E-state index contributed by atoms with van der Waals surface area (Å²) in [7, 11) is 0. The summed E-state index contributed by atoms with van der Waals surface area (Å²) in [4.78, 5) is 12.8. The van der Waals surface area contributed by atoms with E-state index in [1.165, 1.54) is 0 Å². The fraction of sp³-hybridized carbons (Fsp3) is 0.500. The molecule has 92 valence electrons. The minimum Gasteiger partial charge on any atom is -0.361 e. The number of nitro groups is 1. The van der Waals surface area contributed by atoms with E-state index >= 15 is 0 Å². The fourth-order valence-electron chi connectivity index (χ4n) is 2.46. The zero-order valence-corrected chi connectivity index (χ0v) is 10.7. The molecule has 0 amide bonds. The van der Waals surface area contributed by atoms with Gasteiger partial charge in [0.2, 0.25) is 0 Å². The van der Waals surface area contributed by atoms with E-state index < -0.39 is 4.92 Å². The fourth-order valence-corrected chi connectivity index (χ4v) is 2.69. The van der Waals surface area contributed by atoms with Crippen LogP contribution in [-0.2, 0) is 0 Å². The standard InChI is InChI=1S/C12H15ClN2O2/c1-12(2)7-4-8-14(12)10-6-3-5-9(13)11(10)15(16)17/h3,5-6H,4,7-8H2,1-2H3. The van der Waals surface area contributed by atoms with Crippen LogP contribution in [0.25, 0.3) is 0 Å². The van der Waals surface area contributed by atoms with Gasteiger partial charge in [-0.3, -0.25) is 10.1 Å². The van der Waals surface area contributed by atoms with Crippen molar-refractivity contribution in [1.29, 1.82) is 0 Å². The van der Waals surface area contributed by atoms with Crippen LogP contribution in [0, 0.1) is 10.1 Å². The number of anilines is 1. The zero-order valence-electron chi connectivity index (χ0n) is 9.94. The number of halogens is 1. The first kappa shape index (κ1) is 12.2. The maximum Gasteiger partial charge on any atom is 0.310 e. The molecular weight excluding hydrogens is 240 g/mol. The van der Waals surface area contributed by atoms with E-state index in [0.717, 1.165) is 19.4 Å². The second kappa shape index (κ2) is 4.18. The topological polar surface area (TPSA) is 46.4 Å². The van der Waals surface area contributed by atoms with Gasteiger partial charge in [-0.1, -0.05) is 17.7 Å². The third-order valence-corrected chi connectivity index (χ3v) is 3.64. The summed E-state index contributed by atoms with van der Waals surface area (Å²) in [6.07, 6.45) is 2.09. The van der Waals surface area contributed by atoms with E-state index in [9.17, 15) is 10.1 Å². The molecule has 0 aliphatic carbocycles. The lowest BCUT2D eigenvalue weighted by atomic mass is 10.0. The maximum absolute atomic E-state index is 11.1. The van der Waals surface area contributed by atoms with E-state index in [1.807, 2.05) is 0 Å². The Balaban J connectivity index is 2.52. The van der Waals surface area contributed by atoms with Gasteiger partial charge in [0, 0.05) is 12.1 Å². The van der Waals surface area contributed by atoms with Crippen LogP contribution in [0.4, 0.5) is 11.4 Å². The monoisotopic (exact) mass is 254 g/mol. The van der Waals surface area contributed by atoms with Crippen molar-refractivity contribution in [2.75, 3.05) is 11.4 Å². The van der Waals surface area contributed by atoms with Gasteiger partial charge < -0.3 is 4.90 Å². The molecule has 0 spiro atoms. The van der Waals surface area contributed by atoms with Gasteiger partial charge in [-0.15, -0.1) is 0 Å². The maximum atomic E-state index is 11.1. The summed E-state index contributed by atoms with van der Waals surface area (Å²) in [5.74, 6) is 0. The van der Waals surface area contributed by atoms with Gasteiger partial charge in [-0.05, 0) is 38.8 Å². The highest BCUT2D eigenvalue weighted by Gasteiger charge is 2.36. The molecule has 1 aromatic rings. The Morgan fingerprint density at radius 1 is 1.47 bits per heavy atom. The van der Waals surface area contributed by atoms with Crippen LogP contribution in [0.3, 0.4) is 0 Å². The first-order chi connectivity index (χ1) is 7.93. The number of benzene rings is 1. The Hall–Kier alpha value is -1.29. The molecule has 1 fully saturated rings. The predicted octanol–water partition coefficient (Wildman–Crippen LogP) is 3.63. The molecule has 2 rings (SSSR count). The predicted molar refractivity (Wildman–Crippen MR) is 68.8 cm³/mol. The molecule has 0 aromatic heterocycles. The van der Waals surface area contributed by atoms with Crippen LogP contribution in [-0.4, -0.2) is 17.0 Å². The Kier molecular flexibility index (Phi) is 3.00. The second-order valence-electron chi connectivity index (χ2n) is 4.93. The number of hydrogen-bond acceptors (Lipinski definition) is 3. The molecule has 1 aromatic carbocycles. The Morgan fingerprint density at radius 2 is 2.18 bits per heavy atom. The Bertz CT molecular complexity index is 460. The highest BCUT2D eigenvalue weighted by atomic mass is 35.5. The second-order valence-corrected chi connectivity index (χ2v) is 5.34. The summed E-state index contributed by atoms with van der Waals surface area (Å²) >= 11 is 5.93. The van der Waals surface area contributed by atoms with E-state index in [4.69, 9.17) is 11.6 Å². The van der Waals surface area contributed by atoms with Gasteiger partial charge in [0.05, 0.1) is 4.92 Å². The van der Waals surface area contributed by atoms with E-state index in [2.05, 4.69) is 18.7 Å². The normalized spacial score (nSPS) is 18.4. The van der Waals surface area contributed by atoms with Gasteiger partial charge in [0.15, 0.2) is 0 Å². The molecule has 5 heteroatoms. The van der Waals surface area contributed by atoms with Crippen molar-refractivity contribution in [3.8, 4) is 0 Å². The van der Waals surface area contributed by atoms with Crippen LogP contribution >= 0.6 is 11.6 Å². The summed E-state index contributed by atoms with van der Waals surface area (Å²) in [6.45, 7) is 5.05. The first-order valence-electron chi connectivity index (χ1n) is 5.64. The van der Waals surface area contributed by atoms with Crippen molar-refractivity contribution in [3.63, 3.8) is 0 Å². The molecule has 0 atom stereocenters. The smallest absolute Gasteiger partial charge is 0.310 e. The lowest BCUT2D eigenvalue weighted by molar-refractivity contribution is -0.384. The van der Waals surface area contributed by atoms with E-state index in [1.54, 1.807) is 18.2 Å². The molecule has 1 heterocycles. The molecule has 0 saturated carbocycles. The molecule has 4 nitrogen and oxygen atoms in total.